The van der Waals surface area contributed by atoms with Gasteiger partial charge >= 0.3 is 0 Å². The lowest BCUT2D eigenvalue weighted by Crippen LogP contribution is -2.29. The first-order valence-electron chi connectivity index (χ1n) is 12.5. The van der Waals surface area contributed by atoms with E-state index in [0.717, 1.165) is 68.2 Å². The Kier molecular flexibility index (Phi) is 11.0. The van der Waals surface area contributed by atoms with Crippen LogP contribution in [-0.4, -0.2) is 87.9 Å². The molecule has 9 heteroatoms. The molecule has 2 heterocycles. The van der Waals surface area contributed by atoms with Crippen LogP contribution in [0.2, 0.25) is 0 Å². The van der Waals surface area contributed by atoms with Crippen molar-refractivity contribution in [3.05, 3.63) is 29.8 Å². The number of hydrogen-bond donors (Lipinski definition) is 3. The Hall–Kier alpha value is -2.46. The molecule has 1 unspecified atom stereocenters. The summed E-state index contributed by atoms with van der Waals surface area (Å²) in [5.41, 5.74) is 1.90. The van der Waals surface area contributed by atoms with E-state index < -0.39 is 6.10 Å². The number of aliphatic hydroxyl groups excluding tert-OH is 1. The lowest BCUT2D eigenvalue weighted by atomic mass is 10.1. The maximum atomic E-state index is 9.97. The molecule has 1 aromatic carbocycles. The molecule has 0 bridgehead atoms. The maximum Gasteiger partial charge on any atom is 0.164 e. The SMILES string of the molecule is CNCC(O)COc1cccc(-c2nc(N[C@@H]3CCOC3)c(C)c(N(C)CCCCCOC)n2)c1. The van der Waals surface area contributed by atoms with E-state index in [1.54, 1.807) is 14.2 Å². The van der Waals surface area contributed by atoms with Crippen LogP contribution in [0.1, 0.15) is 31.2 Å². The zero-order valence-electron chi connectivity index (χ0n) is 21.5. The zero-order valence-corrected chi connectivity index (χ0v) is 21.5. The Morgan fingerprint density at radius 1 is 1.26 bits per heavy atom. The monoisotopic (exact) mass is 487 g/mol. The van der Waals surface area contributed by atoms with E-state index in [4.69, 9.17) is 24.2 Å². The normalized spacial score (nSPS) is 16.3. The van der Waals surface area contributed by atoms with Crippen LogP contribution >= 0.6 is 0 Å². The van der Waals surface area contributed by atoms with Gasteiger partial charge in [-0.3, -0.25) is 0 Å². The molecule has 1 fully saturated rings. The van der Waals surface area contributed by atoms with Crippen molar-refractivity contribution in [3.63, 3.8) is 0 Å². The van der Waals surface area contributed by atoms with E-state index in [-0.39, 0.29) is 12.6 Å². The van der Waals surface area contributed by atoms with Gasteiger partial charge < -0.3 is 34.9 Å². The summed E-state index contributed by atoms with van der Waals surface area (Å²) in [6.07, 6.45) is 3.62. The third-order valence-electron chi connectivity index (χ3n) is 6.07. The molecule has 3 rings (SSSR count). The van der Waals surface area contributed by atoms with E-state index >= 15 is 0 Å². The first-order valence-corrected chi connectivity index (χ1v) is 12.5. The predicted octanol–water partition coefficient (Wildman–Crippen LogP) is 2.86. The van der Waals surface area contributed by atoms with Gasteiger partial charge in [0.25, 0.3) is 0 Å². The number of aromatic nitrogens is 2. The summed E-state index contributed by atoms with van der Waals surface area (Å²) in [5.74, 6) is 3.06. The van der Waals surface area contributed by atoms with Gasteiger partial charge in [0.1, 0.15) is 30.1 Å². The van der Waals surface area contributed by atoms with Crippen molar-refractivity contribution in [2.45, 2.75) is 44.8 Å². The molecule has 1 saturated heterocycles. The molecule has 9 nitrogen and oxygen atoms in total. The van der Waals surface area contributed by atoms with Gasteiger partial charge in [-0.05, 0) is 51.8 Å². The molecule has 1 aliphatic rings. The van der Waals surface area contributed by atoms with E-state index in [2.05, 4.69) is 29.5 Å². The minimum Gasteiger partial charge on any atom is -0.491 e. The standard InChI is InChI=1S/C26H41N5O4/c1-19-24(28-21-11-14-34-17-21)29-25(30-26(19)31(3)12-6-5-7-13-33-4)20-9-8-10-23(15-20)35-18-22(32)16-27-2/h8-10,15,21-22,27,32H,5-7,11-14,16-18H2,1-4H3,(H,28,29,30)/t21-,22?/m1/s1. The van der Waals surface area contributed by atoms with Crippen LogP contribution in [-0.2, 0) is 9.47 Å². The Bertz CT molecular complexity index is 907. The number of aliphatic hydroxyl groups is 1. The molecular weight excluding hydrogens is 446 g/mol. The van der Waals surface area contributed by atoms with Gasteiger partial charge in [-0.1, -0.05) is 12.1 Å². The summed E-state index contributed by atoms with van der Waals surface area (Å²) in [7, 11) is 5.63. The number of ether oxygens (including phenoxy) is 3. The molecule has 0 aliphatic carbocycles. The average molecular weight is 488 g/mol. The van der Waals surface area contributed by atoms with Gasteiger partial charge in [0.2, 0.25) is 0 Å². The van der Waals surface area contributed by atoms with Crippen LogP contribution < -0.4 is 20.3 Å². The van der Waals surface area contributed by atoms with E-state index in [1.165, 1.54) is 0 Å². The van der Waals surface area contributed by atoms with Gasteiger partial charge in [-0.25, -0.2) is 9.97 Å². The summed E-state index contributed by atoms with van der Waals surface area (Å²) >= 11 is 0. The van der Waals surface area contributed by atoms with Crippen LogP contribution in [0.3, 0.4) is 0 Å². The number of unbranched alkanes of at least 4 members (excludes halogenated alkanes) is 2. The van der Waals surface area contributed by atoms with Crippen LogP contribution in [0.5, 0.6) is 5.75 Å². The summed E-state index contributed by atoms with van der Waals surface area (Å²) in [6, 6.07) is 7.96. The Balaban J connectivity index is 1.83. The van der Waals surface area contributed by atoms with Gasteiger partial charge in [0.15, 0.2) is 5.82 Å². The highest BCUT2D eigenvalue weighted by atomic mass is 16.5. The third-order valence-corrected chi connectivity index (χ3v) is 6.07. The smallest absolute Gasteiger partial charge is 0.164 e. The molecule has 2 atom stereocenters. The number of benzene rings is 1. The highest BCUT2D eigenvalue weighted by Gasteiger charge is 2.21. The zero-order chi connectivity index (χ0) is 25.0. The van der Waals surface area contributed by atoms with E-state index in [1.807, 2.05) is 24.3 Å². The molecule has 35 heavy (non-hydrogen) atoms. The fourth-order valence-electron chi connectivity index (χ4n) is 4.08. The molecular formula is C26H41N5O4. The van der Waals surface area contributed by atoms with Crippen molar-refractivity contribution in [2.75, 3.05) is 70.9 Å². The minimum absolute atomic E-state index is 0.213. The molecule has 0 amide bonds. The molecule has 3 N–H and O–H groups in total. The van der Waals surface area contributed by atoms with Crippen molar-refractivity contribution in [1.82, 2.24) is 15.3 Å². The first kappa shape index (κ1) is 27.1. The lowest BCUT2D eigenvalue weighted by Gasteiger charge is -2.24. The molecule has 1 aromatic heterocycles. The number of nitrogens with one attached hydrogen (secondary N) is 2. The van der Waals surface area contributed by atoms with Crippen molar-refractivity contribution in [2.24, 2.45) is 0 Å². The van der Waals surface area contributed by atoms with Crippen molar-refractivity contribution < 1.29 is 19.3 Å². The van der Waals surface area contributed by atoms with Crippen LogP contribution in [0.25, 0.3) is 11.4 Å². The predicted molar refractivity (Wildman–Crippen MR) is 139 cm³/mol. The maximum absolute atomic E-state index is 9.97. The van der Waals surface area contributed by atoms with Gasteiger partial charge in [-0.2, -0.15) is 0 Å². The second kappa shape index (κ2) is 14.2. The molecule has 2 aromatic rings. The third kappa shape index (κ3) is 8.31. The Morgan fingerprint density at radius 3 is 2.86 bits per heavy atom. The van der Waals surface area contributed by atoms with Crippen LogP contribution in [0, 0.1) is 6.92 Å². The topological polar surface area (TPSA) is 101 Å². The molecule has 0 radical (unpaired) electrons. The van der Waals surface area contributed by atoms with Crippen molar-refractivity contribution in [3.8, 4) is 17.1 Å². The largest absolute Gasteiger partial charge is 0.491 e. The molecule has 0 spiro atoms. The number of hydrogen-bond acceptors (Lipinski definition) is 9. The van der Waals surface area contributed by atoms with Crippen molar-refractivity contribution in [1.29, 1.82) is 0 Å². The number of anilines is 2. The lowest BCUT2D eigenvalue weighted by molar-refractivity contribution is 0.108. The van der Waals surface area contributed by atoms with Crippen molar-refractivity contribution >= 4 is 11.6 Å². The highest BCUT2D eigenvalue weighted by molar-refractivity contribution is 5.67. The fraction of sp³-hybridized carbons (Fsp3) is 0.615. The molecule has 1 aliphatic heterocycles. The van der Waals surface area contributed by atoms with Gasteiger partial charge in [-0.15, -0.1) is 0 Å². The molecule has 0 saturated carbocycles. The van der Waals surface area contributed by atoms with Gasteiger partial charge in [0.05, 0.1) is 12.6 Å². The van der Waals surface area contributed by atoms with Gasteiger partial charge in [0, 0.05) is 51.6 Å². The Labute approximate surface area is 209 Å². The number of nitrogens with zero attached hydrogens (tertiary/aromatic N) is 3. The van der Waals surface area contributed by atoms with Crippen LogP contribution in [0.4, 0.5) is 11.6 Å². The van der Waals surface area contributed by atoms with E-state index in [0.29, 0.717) is 24.7 Å². The minimum atomic E-state index is -0.576. The second-order valence-electron chi connectivity index (χ2n) is 9.07. The average Bonchev–Trinajstić information content (AvgIpc) is 3.37. The number of likely N-dealkylation sites (N-methyl/N-ethyl adjacent to an activating group) is 1. The summed E-state index contributed by atoms with van der Waals surface area (Å²) < 4.78 is 16.5. The quantitative estimate of drug-likeness (QED) is 0.327. The molecule has 194 valence electrons. The first-order chi connectivity index (χ1) is 17.0. The highest BCUT2D eigenvalue weighted by Crippen LogP contribution is 2.30. The second-order valence-corrected chi connectivity index (χ2v) is 9.07. The van der Waals surface area contributed by atoms with E-state index in [9.17, 15) is 5.11 Å². The van der Waals surface area contributed by atoms with Crippen LogP contribution in [0.15, 0.2) is 24.3 Å². The number of methoxy groups -OCH3 is 1. The number of rotatable bonds is 15. The summed E-state index contributed by atoms with van der Waals surface area (Å²) in [5, 5.41) is 16.5. The summed E-state index contributed by atoms with van der Waals surface area (Å²) in [4.78, 5) is 12.1. The Morgan fingerprint density at radius 2 is 2.11 bits per heavy atom. The fourth-order valence-corrected chi connectivity index (χ4v) is 4.08. The summed E-state index contributed by atoms with van der Waals surface area (Å²) in [6.45, 7) is 5.90.